The molecule has 0 unspecified atom stereocenters. The quantitative estimate of drug-likeness (QED) is 0.432. The van der Waals surface area contributed by atoms with Crippen molar-refractivity contribution in [3.63, 3.8) is 0 Å². The van der Waals surface area contributed by atoms with Crippen LogP contribution in [0.5, 0.6) is 0 Å². The molecule has 162 valence electrons. The van der Waals surface area contributed by atoms with Crippen molar-refractivity contribution in [3.05, 3.63) is 53.7 Å². The molecule has 0 N–H and O–H groups in total. The number of hydrogen-bond donors (Lipinski definition) is 0. The Bertz CT molecular complexity index is 881. The van der Waals surface area contributed by atoms with Crippen LogP contribution < -0.4 is 0 Å². The highest BCUT2D eigenvalue weighted by molar-refractivity contribution is 5.79. The lowest BCUT2D eigenvalue weighted by atomic mass is 10.1. The van der Waals surface area contributed by atoms with E-state index in [2.05, 4.69) is 29.7 Å². The molecule has 5 heteroatoms. The molecule has 0 radical (unpaired) electrons. The van der Waals surface area contributed by atoms with Crippen molar-refractivity contribution < 1.29 is 4.79 Å². The first kappa shape index (κ1) is 27.0. The normalized spacial score (nSPS) is 9.27. The number of benzene rings is 1. The molecule has 2 rings (SSSR count). The molecule has 2 aromatic rings. The third kappa shape index (κ3) is 11.1. The number of aryl methyl sites for hydroxylation is 1. The molecule has 1 heterocycles. The fourth-order valence-electron chi connectivity index (χ4n) is 2.29. The number of Topliss-reactive ketones (excluding diaryl/α,β-unsaturated/α-hetero) is 1. The number of carbonyl (C=O) groups excluding carboxylic acids is 1. The minimum absolute atomic E-state index is 0.0788. The third-order valence-corrected chi connectivity index (χ3v) is 3.96. The SMILES string of the molecule is C=C(C)CC.CCN=C(C)C.CCc1cc(-c2cccc(C#N)c2)nn1CC(C)=O. The van der Waals surface area contributed by atoms with Gasteiger partial charge in [-0.2, -0.15) is 10.4 Å². The molecule has 0 amide bonds. The summed E-state index contributed by atoms with van der Waals surface area (Å²) < 4.78 is 1.73. The maximum Gasteiger partial charge on any atom is 0.151 e. The van der Waals surface area contributed by atoms with E-state index in [0.29, 0.717) is 12.1 Å². The topological polar surface area (TPSA) is 71.0 Å². The largest absolute Gasteiger partial charge is 0.298 e. The number of nitrogens with zero attached hydrogens (tertiary/aromatic N) is 4. The molecule has 0 bridgehead atoms. The van der Waals surface area contributed by atoms with Gasteiger partial charge in [0, 0.05) is 23.5 Å². The second-order valence-corrected chi connectivity index (χ2v) is 7.16. The van der Waals surface area contributed by atoms with Crippen LogP contribution in [0.15, 0.2) is 47.5 Å². The van der Waals surface area contributed by atoms with E-state index in [-0.39, 0.29) is 5.78 Å². The van der Waals surface area contributed by atoms with Gasteiger partial charge in [-0.05, 0) is 65.7 Å². The monoisotopic (exact) mass is 408 g/mol. The van der Waals surface area contributed by atoms with Gasteiger partial charge in [0.2, 0.25) is 0 Å². The van der Waals surface area contributed by atoms with E-state index in [4.69, 9.17) is 5.26 Å². The van der Waals surface area contributed by atoms with Crippen LogP contribution in [0, 0.1) is 11.3 Å². The van der Waals surface area contributed by atoms with E-state index in [0.717, 1.165) is 42.0 Å². The number of hydrogen-bond acceptors (Lipinski definition) is 4. The Balaban J connectivity index is 0.000000634. The van der Waals surface area contributed by atoms with Gasteiger partial charge < -0.3 is 0 Å². The molecule has 0 saturated heterocycles. The van der Waals surface area contributed by atoms with Crippen molar-refractivity contribution in [1.29, 1.82) is 5.26 Å². The Morgan fingerprint density at radius 3 is 2.20 bits per heavy atom. The van der Waals surface area contributed by atoms with E-state index in [1.54, 1.807) is 23.7 Å². The highest BCUT2D eigenvalue weighted by atomic mass is 16.1. The van der Waals surface area contributed by atoms with Gasteiger partial charge in [0.1, 0.15) is 0 Å². The smallest absolute Gasteiger partial charge is 0.151 e. The summed E-state index contributed by atoms with van der Waals surface area (Å²) in [5, 5.41) is 13.4. The number of aromatic nitrogens is 2. The van der Waals surface area contributed by atoms with Crippen LogP contribution in [0.1, 0.15) is 66.1 Å². The van der Waals surface area contributed by atoms with Gasteiger partial charge in [0.25, 0.3) is 0 Å². The third-order valence-electron chi connectivity index (χ3n) is 3.96. The van der Waals surface area contributed by atoms with E-state index >= 15 is 0 Å². The fourth-order valence-corrected chi connectivity index (χ4v) is 2.29. The van der Waals surface area contributed by atoms with Gasteiger partial charge in [-0.1, -0.05) is 31.6 Å². The lowest BCUT2D eigenvalue weighted by Crippen LogP contribution is -2.10. The number of rotatable bonds is 6. The molecule has 5 nitrogen and oxygen atoms in total. The molecule has 0 spiro atoms. The molecule has 0 aliphatic heterocycles. The molecule has 1 aromatic carbocycles. The molecular weight excluding hydrogens is 372 g/mol. The maximum absolute atomic E-state index is 11.2. The number of ketones is 1. The fraction of sp³-hybridized carbons (Fsp3) is 0.440. The predicted octanol–water partition coefficient (Wildman–Crippen LogP) is 6.03. The summed E-state index contributed by atoms with van der Waals surface area (Å²) in [6.45, 7) is 18.6. The summed E-state index contributed by atoms with van der Waals surface area (Å²) in [4.78, 5) is 15.3. The number of nitriles is 1. The van der Waals surface area contributed by atoms with Gasteiger partial charge in [0.15, 0.2) is 5.78 Å². The van der Waals surface area contributed by atoms with Crippen molar-refractivity contribution in [2.75, 3.05) is 6.54 Å². The lowest BCUT2D eigenvalue weighted by molar-refractivity contribution is -0.117. The zero-order valence-corrected chi connectivity index (χ0v) is 19.6. The molecule has 0 aliphatic rings. The van der Waals surface area contributed by atoms with E-state index in [1.807, 2.05) is 52.8 Å². The van der Waals surface area contributed by atoms with Crippen molar-refractivity contribution in [2.24, 2.45) is 4.99 Å². The Morgan fingerprint density at radius 1 is 1.17 bits per heavy atom. The van der Waals surface area contributed by atoms with Crippen LogP contribution in [0.4, 0.5) is 0 Å². The second kappa shape index (κ2) is 14.9. The van der Waals surface area contributed by atoms with E-state index in [9.17, 15) is 4.79 Å². The van der Waals surface area contributed by atoms with Crippen LogP contribution in [-0.4, -0.2) is 27.8 Å². The molecule has 0 saturated carbocycles. The van der Waals surface area contributed by atoms with Crippen molar-refractivity contribution in [2.45, 2.75) is 67.9 Å². The molecule has 30 heavy (non-hydrogen) atoms. The Labute approximate surface area is 182 Å². The van der Waals surface area contributed by atoms with Gasteiger partial charge in [0.05, 0.1) is 23.9 Å². The van der Waals surface area contributed by atoms with Crippen LogP contribution in [0.2, 0.25) is 0 Å². The van der Waals surface area contributed by atoms with Gasteiger partial charge in [-0.25, -0.2) is 0 Å². The molecule has 0 fully saturated rings. The Morgan fingerprint density at radius 2 is 1.80 bits per heavy atom. The number of allylic oxidation sites excluding steroid dienone is 1. The van der Waals surface area contributed by atoms with Crippen LogP contribution in [0.3, 0.4) is 0 Å². The van der Waals surface area contributed by atoms with Gasteiger partial charge in [-0.3, -0.25) is 14.5 Å². The summed E-state index contributed by atoms with van der Waals surface area (Å²) in [6, 6.07) is 11.4. The summed E-state index contributed by atoms with van der Waals surface area (Å²) in [7, 11) is 0. The first-order chi connectivity index (χ1) is 14.2. The first-order valence-corrected chi connectivity index (χ1v) is 10.4. The highest BCUT2D eigenvalue weighted by Crippen LogP contribution is 2.20. The number of aliphatic imine (C=N–C) groups is 1. The Hall–Kier alpha value is -3.00. The average molecular weight is 409 g/mol. The molecule has 0 aliphatic carbocycles. The average Bonchev–Trinajstić information content (AvgIpc) is 3.11. The minimum atomic E-state index is 0.0788. The lowest BCUT2D eigenvalue weighted by Gasteiger charge is -2.01. The Kier molecular flexibility index (Phi) is 13.4. The summed E-state index contributed by atoms with van der Waals surface area (Å²) in [6.07, 6.45) is 1.93. The maximum atomic E-state index is 11.2. The van der Waals surface area contributed by atoms with Crippen LogP contribution >= 0.6 is 0 Å². The van der Waals surface area contributed by atoms with Gasteiger partial charge in [-0.15, -0.1) is 6.58 Å². The second-order valence-electron chi connectivity index (χ2n) is 7.16. The van der Waals surface area contributed by atoms with Crippen molar-refractivity contribution >= 4 is 11.5 Å². The summed E-state index contributed by atoms with van der Waals surface area (Å²) in [5.74, 6) is 0.0788. The van der Waals surface area contributed by atoms with Crippen LogP contribution in [0.25, 0.3) is 11.3 Å². The van der Waals surface area contributed by atoms with Crippen molar-refractivity contribution in [1.82, 2.24) is 9.78 Å². The van der Waals surface area contributed by atoms with Crippen LogP contribution in [-0.2, 0) is 17.8 Å². The highest BCUT2D eigenvalue weighted by Gasteiger charge is 2.10. The zero-order valence-electron chi connectivity index (χ0n) is 19.6. The minimum Gasteiger partial charge on any atom is -0.298 e. The van der Waals surface area contributed by atoms with E-state index < -0.39 is 0 Å². The number of carbonyl (C=O) groups is 1. The van der Waals surface area contributed by atoms with Crippen molar-refractivity contribution in [3.8, 4) is 17.3 Å². The van der Waals surface area contributed by atoms with Gasteiger partial charge >= 0.3 is 0 Å². The van der Waals surface area contributed by atoms with E-state index in [1.165, 1.54) is 5.57 Å². The molecule has 0 atom stereocenters. The first-order valence-electron chi connectivity index (χ1n) is 10.4. The zero-order chi connectivity index (χ0) is 23.1. The predicted molar refractivity (Wildman–Crippen MR) is 127 cm³/mol. The standard InChI is InChI=1S/C15H15N3O.C5H11N.C5H10/c1-3-14-8-15(17-18(14)10-11(2)19)13-6-4-5-12(7-13)9-16;1-4-6-5(2)3;1-4-5(2)3/h4-8H,3,10H2,1-2H3;4H2,1-3H3;2,4H2,1,3H3. The summed E-state index contributed by atoms with van der Waals surface area (Å²) in [5.41, 5.74) is 5.75. The summed E-state index contributed by atoms with van der Waals surface area (Å²) >= 11 is 0. The molecule has 1 aromatic heterocycles. The molecular formula is C25H36N4O.